The Hall–Kier alpha value is -1.77. The fourth-order valence-corrected chi connectivity index (χ4v) is 1.29. The molecule has 0 aliphatic heterocycles. The summed E-state index contributed by atoms with van der Waals surface area (Å²) in [6.07, 6.45) is -0.466. The van der Waals surface area contributed by atoms with E-state index in [4.69, 9.17) is 15.1 Å². The van der Waals surface area contributed by atoms with Crippen LogP contribution in [-0.2, 0) is 9.53 Å². The van der Waals surface area contributed by atoms with Crippen LogP contribution in [0.4, 0.5) is 4.79 Å². The number of ether oxygens (including phenoxy) is 1. The third-order valence-electron chi connectivity index (χ3n) is 2.31. The maximum absolute atomic E-state index is 12.0. The van der Waals surface area contributed by atoms with Gasteiger partial charge in [0.1, 0.15) is 5.60 Å². The third-order valence-corrected chi connectivity index (χ3v) is 2.31. The molecule has 19 heavy (non-hydrogen) atoms. The first-order chi connectivity index (χ1) is 8.49. The number of aliphatic carboxylic acids is 1. The van der Waals surface area contributed by atoms with Crippen molar-refractivity contribution in [2.75, 3.05) is 13.1 Å². The summed E-state index contributed by atoms with van der Waals surface area (Å²) in [5.41, 5.74) is -1.75. The molecule has 0 rings (SSSR count). The highest BCUT2D eigenvalue weighted by molar-refractivity contribution is 5.75. The van der Waals surface area contributed by atoms with Crippen LogP contribution in [0.25, 0.3) is 0 Å². The highest BCUT2D eigenvalue weighted by Gasteiger charge is 2.33. The molecule has 0 heterocycles. The van der Waals surface area contributed by atoms with Crippen molar-refractivity contribution >= 4 is 12.1 Å². The minimum atomic E-state index is -1.09. The van der Waals surface area contributed by atoms with Gasteiger partial charge in [-0.3, -0.25) is 4.79 Å². The molecule has 0 unspecified atom stereocenters. The first-order valence-electron chi connectivity index (χ1n) is 6.08. The zero-order valence-electron chi connectivity index (χ0n) is 12.2. The zero-order valence-corrected chi connectivity index (χ0v) is 12.2. The van der Waals surface area contributed by atoms with Crippen molar-refractivity contribution < 1.29 is 19.4 Å². The van der Waals surface area contributed by atoms with E-state index in [1.54, 1.807) is 20.8 Å². The van der Waals surface area contributed by atoms with E-state index in [-0.39, 0.29) is 19.5 Å². The monoisotopic (exact) mass is 270 g/mol. The molecule has 1 amide bonds. The van der Waals surface area contributed by atoms with E-state index in [0.717, 1.165) is 0 Å². The molecule has 0 spiro atoms. The van der Waals surface area contributed by atoms with E-state index < -0.39 is 23.1 Å². The smallest absolute Gasteiger partial charge is 0.410 e. The van der Waals surface area contributed by atoms with Crippen LogP contribution in [0.2, 0.25) is 0 Å². The van der Waals surface area contributed by atoms with Crippen LogP contribution in [-0.4, -0.2) is 40.8 Å². The summed E-state index contributed by atoms with van der Waals surface area (Å²) in [6.45, 7) is 8.40. The number of carboxylic acid groups (broad SMARTS) is 1. The summed E-state index contributed by atoms with van der Waals surface area (Å²) in [6, 6.07) is 1.93. The van der Waals surface area contributed by atoms with Crippen LogP contribution < -0.4 is 0 Å². The molecule has 0 bridgehead atoms. The number of amides is 1. The maximum Gasteiger partial charge on any atom is 0.410 e. The third kappa shape index (κ3) is 6.65. The van der Waals surface area contributed by atoms with Crippen molar-refractivity contribution in [3.8, 4) is 6.07 Å². The van der Waals surface area contributed by atoms with E-state index >= 15 is 0 Å². The van der Waals surface area contributed by atoms with Gasteiger partial charge in [0.25, 0.3) is 0 Å². The molecule has 0 atom stereocenters. The topological polar surface area (TPSA) is 90.6 Å². The number of hydrogen-bond acceptors (Lipinski definition) is 4. The molecule has 6 heteroatoms. The number of rotatable bonds is 5. The molecule has 6 nitrogen and oxygen atoms in total. The van der Waals surface area contributed by atoms with Crippen molar-refractivity contribution in [3.05, 3.63) is 0 Å². The standard InChI is InChI=1S/C13H22N2O4/c1-12(2,3)19-11(18)15(8-6-7-14)9-13(4,5)10(16)17/h6,8-9H2,1-5H3,(H,16,17). The first-order valence-corrected chi connectivity index (χ1v) is 6.08. The Bertz CT molecular complexity index is 377. The minimum Gasteiger partial charge on any atom is -0.481 e. The molecule has 0 aromatic carbocycles. The Morgan fingerprint density at radius 1 is 1.26 bits per heavy atom. The zero-order chi connectivity index (χ0) is 15.3. The van der Waals surface area contributed by atoms with Gasteiger partial charge in [-0.1, -0.05) is 0 Å². The van der Waals surface area contributed by atoms with E-state index in [1.165, 1.54) is 18.7 Å². The van der Waals surface area contributed by atoms with Gasteiger partial charge in [0.05, 0.1) is 17.9 Å². The average molecular weight is 270 g/mol. The lowest BCUT2D eigenvalue weighted by atomic mass is 9.93. The highest BCUT2D eigenvalue weighted by Crippen LogP contribution is 2.19. The van der Waals surface area contributed by atoms with E-state index in [0.29, 0.717) is 0 Å². The molecule has 0 aliphatic rings. The van der Waals surface area contributed by atoms with Gasteiger partial charge in [-0.05, 0) is 34.6 Å². The first kappa shape index (κ1) is 17.2. The Kier molecular flexibility index (Phi) is 5.81. The lowest BCUT2D eigenvalue weighted by Crippen LogP contribution is -2.45. The van der Waals surface area contributed by atoms with Gasteiger partial charge in [-0.15, -0.1) is 0 Å². The second-order valence-electron chi connectivity index (χ2n) is 6.00. The number of hydrogen-bond donors (Lipinski definition) is 1. The second-order valence-corrected chi connectivity index (χ2v) is 6.00. The molecule has 108 valence electrons. The Labute approximate surface area is 114 Å². The van der Waals surface area contributed by atoms with Crippen molar-refractivity contribution in [3.63, 3.8) is 0 Å². The normalized spacial score (nSPS) is 11.6. The van der Waals surface area contributed by atoms with E-state index in [2.05, 4.69) is 0 Å². The number of nitriles is 1. The van der Waals surface area contributed by atoms with Gasteiger partial charge < -0.3 is 14.7 Å². The Morgan fingerprint density at radius 3 is 2.16 bits per heavy atom. The summed E-state index contributed by atoms with van der Waals surface area (Å²) in [5.74, 6) is -1.00. The van der Waals surface area contributed by atoms with E-state index in [9.17, 15) is 9.59 Å². The summed E-state index contributed by atoms with van der Waals surface area (Å²) in [5, 5.41) is 17.7. The highest BCUT2D eigenvalue weighted by atomic mass is 16.6. The van der Waals surface area contributed by atoms with Gasteiger partial charge in [-0.25, -0.2) is 4.79 Å². The van der Waals surface area contributed by atoms with Crippen molar-refractivity contribution in [2.45, 2.75) is 46.6 Å². The Balaban J connectivity index is 4.87. The molecular formula is C13H22N2O4. The molecule has 0 aliphatic carbocycles. The molecule has 0 saturated heterocycles. The van der Waals surface area contributed by atoms with Crippen LogP contribution in [0.3, 0.4) is 0 Å². The number of carboxylic acids is 1. The van der Waals surface area contributed by atoms with Crippen molar-refractivity contribution in [2.24, 2.45) is 5.41 Å². The van der Waals surface area contributed by atoms with Crippen LogP contribution in [0.5, 0.6) is 0 Å². The summed E-state index contributed by atoms with van der Waals surface area (Å²) in [4.78, 5) is 24.3. The predicted octanol–water partition coefficient (Wildman–Crippen LogP) is 2.25. The molecule has 0 radical (unpaired) electrons. The average Bonchev–Trinajstić information content (AvgIpc) is 2.21. The number of carbonyl (C=O) groups is 2. The van der Waals surface area contributed by atoms with Crippen molar-refractivity contribution in [1.29, 1.82) is 5.26 Å². The lowest BCUT2D eigenvalue weighted by Gasteiger charge is -2.31. The lowest BCUT2D eigenvalue weighted by molar-refractivity contribution is -0.147. The molecular weight excluding hydrogens is 248 g/mol. The van der Waals surface area contributed by atoms with Gasteiger partial charge in [0.15, 0.2) is 0 Å². The molecule has 0 aromatic rings. The van der Waals surface area contributed by atoms with Crippen LogP contribution >= 0.6 is 0 Å². The molecule has 1 N–H and O–H groups in total. The minimum absolute atomic E-state index is 0.00106. The molecule has 0 saturated carbocycles. The molecule has 0 aromatic heterocycles. The number of nitrogens with zero attached hydrogens (tertiary/aromatic N) is 2. The quantitative estimate of drug-likeness (QED) is 0.827. The van der Waals surface area contributed by atoms with Gasteiger partial charge in [0, 0.05) is 13.1 Å². The second kappa shape index (κ2) is 6.41. The van der Waals surface area contributed by atoms with Gasteiger partial charge in [0.2, 0.25) is 0 Å². The number of carbonyl (C=O) groups excluding carboxylic acids is 1. The van der Waals surface area contributed by atoms with Crippen LogP contribution in [0, 0.1) is 16.7 Å². The van der Waals surface area contributed by atoms with Crippen LogP contribution in [0.15, 0.2) is 0 Å². The largest absolute Gasteiger partial charge is 0.481 e. The van der Waals surface area contributed by atoms with Gasteiger partial charge in [-0.2, -0.15) is 5.26 Å². The molecule has 0 fully saturated rings. The SMILES string of the molecule is CC(C)(C)OC(=O)N(CCC#N)CC(C)(C)C(=O)O. The fraction of sp³-hybridized carbons (Fsp3) is 0.769. The predicted molar refractivity (Wildman–Crippen MR) is 69.5 cm³/mol. The van der Waals surface area contributed by atoms with E-state index in [1.807, 2.05) is 6.07 Å². The maximum atomic E-state index is 12.0. The van der Waals surface area contributed by atoms with Crippen molar-refractivity contribution in [1.82, 2.24) is 4.90 Å². The summed E-state index contributed by atoms with van der Waals surface area (Å²) < 4.78 is 5.21. The fourth-order valence-electron chi connectivity index (χ4n) is 1.29. The summed E-state index contributed by atoms with van der Waals surface area (Å²) in [7, 11) is 0. The van der Waals surface area contributed by atoms with Gasteiger partial charge >= 0.3 is 12.1 Å². The Morgan fingerprint density at radius 2 is 1.79 bits per heavy atom. The summed E-state index contributed by atoms with van der Waals surface area (Å²) >= 11 is 0. The van der Waals surface area contributed by atoms with Crippen LogP contribution in [0.1, 0.15) is 41.0 Å².